The molecule has 2 fully saturated rings. The Morgan fingerprint density at radius 1 is 1.27 bits per heavy atom. The maximum Gasteiger partial charge on any atom is 0.137 e. The van der Waals surface area contributed by atoms with Crippen molar-refractivity contribution in [2.45, 2.75) is 32.1 Å². The molecule has 2 atom stereocenters. The molecule has 2 rings (SSSR count). The van der Waals surface area contributed by atoms with E-state index in [0.29, 0.717) is 0 Å². The fourth-order valence-corrected chi connectivity index (χ4v) is 3.34. The fourth-order valence-electron chi connectivity index (χ4n) is 3.34. The van der Waals surface area contributed by atoms with Crippen molar-refractivity contribution in [3.8, 4) is 12.1 Å². The largest absolute Gasteiger partial charge is 0.386 e. The van der Waals surface area contributed by atoms with Gasteiger partial charge in [-0.05, 0) is 12.8 Å². The zero-order valence-corrected chi connectivity index (χ0v) is 8.58. The van der Waals surface area contributed by atoms with Gasteiger partial charge in [0.1, 0.15) is 11.3 Å². The molecule has 0 aliphatic heterocycles. The van der Waals surface area contributed by atoms with Crippen LogP contribution in [0.4, 0.5) is 0 Å². The lowest BCUT2D eigenvalue weighted by Crippen LogP contribution is -2.30. The summed E-state index contributed by atoms with van der Waals surface area (Å²) in [7, 11) is 0. The summed E-state index contributed by atoms with van der Waals surface area (Å²) in [6.07, 6.45) is 5.01. The van der Waals surface area contributed by atoms with Crippen LogP contribution in [0.25, 0.3) is 0 Å². The summed E-state index contributed by atoms with van der Waals surface area (Å²) in [6, 6.07) is 4.32. The predicted octanol–water partition coefficient (Wildman–Crippen LogP) is 1.54. The Morgan fingerprint density at radius 3 is 2.20 bits per heavy atom. The van der Waals surface area contributed by atoms with E-state index in [1.807, 2.05) is 0 Å². The lowest BCUT2D eigenvalue weighted by molar-refractivity contribution is 0.298. The van der Waals surface area contributed by atoms with Gasteiger partial charge in [-0.2, -0.15) is 10.5 Å². The summed E-state index contributed by atoms with van der Waals surface area (Å²) in [5.41, 5.74) is 4.26. The number of nitriles is 2. The molecule has 3 N–H and O–H groups in total. The van der Waals surface area contributed by atoms with Crippen LogP contribution < -0.4 is 5.73 Å². The maximum atomic E-state index is 9.22. The number of nitrogens with zero attached hydrogens (tertiary/aromatic N) is 2. The number of hydrogen-bond donors (Lipinski definition) is 2. The number of nitrogens with two attached hydrogens (primary N) is 1. The van der Waals surface area contributed by atoms with Crippen LogP contribution in [0.5, 0.6) is 0 Å². The highest BCUT2D eigenvalue weighted by atomic mass is 14.9. The molecule has 0 bridgehead atoms. The van der Waals surface area contributed by atoms with Crippen LogP contribution >= 0.6 is 0 Å². The number of rotatable bonds is 1. The molecule has 0 aromatic carbocycles. The molecule has 4 nitrogen and oxygen atoms in total. The fraction of sp³-hybridized carbons (Fsp3) is 0.727. The van der Waals surface area contributed by atoms with Gasteiger partial charge in [0.15, 0.2) is 0 Å². The second kappa shape index (κ2) is 2.97. The van der Waals surface area contributed by atoms with Gasteiger partial charge in [-0.3, -0.25) is 5.41 Å². The molecule has 2 unspecified atom stereocenters. The Morgan fingerprint density at radius 2 is 1.87 bits per heavy atom. The highest BCUT2D eigenvalue weighted by Crippen LogP contribution is 2.74. The minimum Gasteiger partial charge on any atom is -0.386 e. The van der Waals surface area contributed by atoms with Gasteiger partial charge >= 0.3 is 0 Å². The first-order valence-corrected chi connectivity index (χ1v) is 5.31. The molecule has 0 aromatic rings. The molecule has 4 heteroatoms. The molecule has 2 aliphatic rings. The van der Waals surface area contributed by atoms with Crippen LogP contribution in [0.15, 0.2) is 0 Å². The average molecular weight is 202 g/mol. The van der Waals surface area contributed by atoms with Gasteiger partial charge in [0.05, 0.1) is 18.1 Å². The third-order valence-electron chi connectivity index (χ3n) is 4.16. The Bertz CT molecular complexity index is 380. The Hall–Kier alpha value is -1.55. The topological polar surface area (TPSA) is 97.5 Å². The molecule has 78 valence electrons. The minimum atomic E-state index is -0.970. The highest BCUT2D eigenvalue weighted by molar-refractivity contribution is 5.92. The third-order valence-corrected chi connectivity index (χ3v) is 4.16. The lowest BCUT2D eigenvalue weighted by atomic mass is 9.79. The second-order valence-electron chi connectivity index (χ2n) is 4.61. The van der Waals surface area contributed by atoms with Crippen LogP contribution in [-0.2, 0) is 0 Å². The first-order chi connectivity index (χ1) is 7.15. The molecule has 15 heavy (non-hydrogen) atoms. The Labute approximate surface area is 89.2 Å². The maximum absolute atomic E-state index is 9.22. The van der Waals surface area contributed by atoms with Gasteiger partial charge in [-0.25, -0.2) is 0 Å². The normalized spacial score (nSPS) is 36.5. The monoisotopic (exact) mass is 202 g/mol. The summed E-state index contributed by atoms with van der Waals surface area (Å²) in [6.45, 7) is 0. The molecule has 0 amide bonds. The van der Waals surface area contributed by atoms with Gasteiger partial charge in [-0.1, -0.05) is 19.3 Å². The SMILES string of the molecule is N#CC1C2(CCCCC2)C1(C#N)C(=N)N. The Balaban J connectivity index is 2.39. The van der Waals surface area contributed by atoms with Crippen LogP contribution in [0, 0.1) is 44.8 Å². The summed E-state index contributed by atoms with van der Waals surface area (Å²) >= 11 is 0. The van der Waals surface area contributed by atoms with Crippen LogP contribution in [0.1, 0.15) is 32.1 Å². The van der Waals surface area contributed by atoms with Crippen molar-refractivity contribution in [2.75, 3.05) is 0 Å². The van der Waals surface area contributed by atoms with Crippen molar-refractivity contribution >= 4 is 5.84 Å². The van der Waals surface area contributed by atoms with Gasteiger partial charge < -0.3 is 5.73 Å². The van der Waals surface area contributed by atoms with Crippen molar-refractivity contribution in [3.05, 3.63) is 0 Å². The molecule has 0 aromatic heterocycles. The number of hydrogen-bond acceptors (Lipinski definition) is 3. The van der Waals surface area contributed by atoms with Gasteiger partial charge in [0.25, 0.3) is 0 Å². The van der Waals surface area contributed by atoms with Crippen molar-refractivity contribution < 1.29 is 0 Å². The van der Waals surface area contributed by atoms with E-state index in [4.69, 9.17) is 16.4 Å². The summed E-state index contributed by atoms with van der Waals surface area (Å²) in [4.78, 5) is 0. The standard InChI is InChI=1S/C11H14N4/c12-6-8-10(4-2-1-3-5-10)11(8,7-13)9(14)15/h8H,1-5H2,(H3,14,15). The molecule has 2 aliphatic carbocycles. The molecule has 0 heterocycles. The first-order valence-electron chi connectivity index (χ1n) is 5.31. The summed E-state index contributed by atoms with van der Waals surface area (Å²) in [5.74, 6) is -0.466. The zero-order valence-electron chi connectivity index (χ0n) is 8.58. The van der Waals surface area contributed by atoms with E-state index in [1.165, 1.54) is 6.42 Å². The van der Waals surface area contributed by atoms with E-state index in [0.717, 1.165) is 25.7 Å². The minimum absolute atomic E-state index is 0.113. The molecule has 2 saturated carbocycles. The van der Waals surface area contributed by atoms with Crippen LogP contribution in [-0.4, -0.2) is 5.84 Å². The van der Waals surface area contributed by atoms with Crippen molar-refractivity contribution in [1.82, 2.24) is 0 Å². The van der Waals surface area contributed by atoms with Crippen LogP contribution in [0.3, 0.4) is 0 Å². The van der Waals surface area contributed by atoms with Crippen molar-refractivity contribution in [2.24, 2.45) is 22.5 Å². The van der Waals surface area contributed by atoms with E-state index in [2.05, 4.69) is 12.1 Å². The predicted molar refractivity (Wildman–Crippen MR) is 54.6 cm³/mol. The smallest absolute Gasteiger partial charge is 0.137 e. The van der Waals surface area contributed by atoms with Crippen molar-refractivity contribution in [3.63, 3.8) is 0 Å². The first kappa shape index (κ1) is 9.98. The summed E-state index contributed by atoms with van der Waals surface area (Å²) in [5, 5.41) is 25.9. The highest BCUT2D eigenvalue weighted by Gasteiger charge is 2.79. The average Bonchev–Trinajstić information content (AvgIpc) is 2.80. The van der Waals surface area contributed by atoms with Crippen molar-refractivity contribution in [1.29, 1.82) is 15.9 Å². The number of amidine groups is 1. The van der Waals surface area contributed by atoms with Gasteiger partial charge in [-0.15, -0.1) is 0 Å². The van der Waals surface area contributed by atoms with E-state index >= 15 is 0 Å². The number of nitrogens with one attached hydrogen (secondary N) is 1. The molecule has 0 radical (unpaired) electrons. The second-order valence-corrected chi connectivity index (χ2v) is 4.61. The van der Waals surface area contributed by atoms with E-state index < -0.39 is 5.41 Å². The molecule has 0 saturated heterocycles. The lowest BCUT2D eigenvalue weighted by Gasteiger charge is -2.24. The Kier molecular flexibility index (Phi) is 1.98. The van der Waals surface area contributed by atoms with E-state index in [1.54, 1.807) is 0 Å². The van der Waals surface area contributed by atoms with Gasteiger partial charge in [0.2, 0.25) is 0 Å². The van der Waals surface area contributed by atoms with Crippen LogP contribution in [0.2, 0.25) is 0 Å². The van der Waals surface area contributed by atoms with E-state index in [-0.39, 0.29) is 17.2 Å². The molecular weight excluding hydrogens is 188 g/mol. The molecule has 1 spiro atoms. The van der Waals surface area contributed by atoms with E-state index in [9.17, 15) is 5.26 Å². The zero-order chi connectivity index (χ0) is 11.1. The molecular formula is C11H14N4. The summed E-state index contributed by atoms with van der Waals surface area (Å²) < 4.78 is 0. The quantitative estimate of drug-likeness (QED) is 0.498. The van der Waals surface area contributed by atoms with Gasteiger partial charge in [0, 0.05) is 5.41 Å². The third kappa shape index (κ3) is 0.920.